The Morgan fingerprint density at radius 1 is 0.936 bits per heavy atom. The van der Waals surface area contributed by atoms with E-state index in [1.54, 1.807) is 19.4 Å². The number of anilines is 1. The second kappa shape index (κ2) is 12.2. The van der Waals surface area contributed by atoms with Crippen molar-refractivity contribution in [2.24, 2.45) is 11.8 Å². The number of hydrogen-bond donors (Lipinski definition) is 1. The Balaban J connectivity index is 1.26. The lowest BCUT2D eigenvalue weighted by atomic mass is 9.74. The molecule has 47 heavy (non-hydrogen) atoms. The maximum Gasteiger partial charge on any atom is 0.250 e. The smallest absolute Gasteiger partial charge is 0.250 e. The molecule has 2 saturated heterocycles. The Bertz CT molecular complexity index is 1740. The first-order valence-electron chi connectivity index (χ1n) is 16.4. The summed E-state index contributed by atoms with van der Waals surface area (Å²) in [5.41, 5.74) is -0.277. The molecule has 1 spiro atoms. The van der Waals surface area contributed by atoms with Crippen LogP contribution in [0.1, 0.15) is 33.1 Å². The van der Waals surface area contributed by atoms with E-state index in [4.69, 9.17) is 9.47 Å². The molecule has 3 aromatic rings. The van der Waals surface area contributed by atoms with Gasteiger partial charge in [0.2, 0.25) is 11.8 Å². The van der Waals surface area contributed by atoms with Crippen LogP contribution in [0.4, 0.5) is 5.69 Å². The number of aliphatic hydroxyl groups excluding tert-OH is 1. The number of para-hydroxylation sites is 1. The summed E-state index contributed by atoms with van der Waals surface area (Å²) in [4.78, 5) is 48.9. The van der Waals surface area contributed by atoms with Crippen LogP contribution in [0.15, 0.2) is 72.8 Å². The standard InChI is InChI=1S/C35H40N6O6/c1-3-46-25-15-13-24(14-16-25)39-21-9-17-34(2)28(31(39)43)29-32(44)40(20-7-4-8-22-42)30-33(45)38(19-10-18-35(29,30)47-34)23-41-27-12-6-5-11-26(27)36-37-41/h5-6,9-18,28-30,42H,3-4,7-8,19-23H2,1-2H3/t28-,29+,30?,34+,35+/m1/s1. The van der Waals surface area contributed by atoms with Gasteiger partial charge in [0, 0.05) is 31.9 Å². The molecule has 4 aliphatic heterocycles. The predicted octanol–water partition coefficient (Wildman–Crippen LogP) is 2.92. The fraction of sp³-hybridized carbons (Fsp3) is 0.457. The normalized spacial score (nSPS) is 28.4. The number of fused-ring (bicyclic) bond motifs is 3. The van der Waals surface area contributed by atoms with Gasteiger partial charge in [-0.3, -0.25) is 14.4 Å². The lowest BCUT2D eigenvalue weighted by molar-refractivity contribution is -0.152. The Kier molecular flexibility index (Phi) is 8.09. The number of ether oxygens (including phenoxy) is 2. The Morgan fingerprint density at radius 3 is 2.51 bits per heavy atom. The van der Waals surface area contributed by atoms with Crippen LogP contribution < -0.4 is 9.64 Å². The molecule has 0 aliphatic carbocycles. The highest BCUT2D eigenvalue weighted by Gasteiger charge is 2.74. The van der Waals surface area contributed by atoms with Crippen LogP contribution in [0.2, 0.25) is 0 Å². The molecule has 1 unspecified atom stereocenters. The van der Waals surface area contributed by atoms with Crippen LogP contribution in [-0.2, 0) is 25.8 Å². The third-order valence-electron chi connectivity index (χ3n) is 9.88. The third-order valence-corrected chi connectivity index (χ3v) is 9.88. The highest BCUT2D eigenvalue weighted by Crippen LogP contribution is 2.57. The Morgan fingerprint density at radius 2 is 1.72 bits per heavy atom. The molecule has 3 amide bonds. The number of unbranched alkanes of at least 4 members (excludes halogenated alkanes) is 2. The number of amides is 3. The molecule has 0 saturated carbocycles. The van der Waals surface area contributed by atoms with Gasteiger partial charge in [-0.25, -0.2) is 4.68 Å². The second-order valence-electron chi connectivity index (χ2n) is 12.8. The van der Waals surface area contributed by atoms with Crippen LogP contribution in [0.5, 0.6) is 5.75 Å². The summed E-state index contributed by atoms with van der Waals surface area (Å²) in [6, 6.07) is 13.9. The molecule has 0 bridgehead atoms. The first-order chi connectivity index (χ1) is 22.8. The minimum absolute atomic E-state index is 0.0526. The molecule has 2 fully saturated rings. The van der Waals surface area contributed by atoms with E-state index in [0.717, 1.165) is 11.0 Å². The molecular formula is C35H40N6O6. The van der Waals surface area contributed by atoms with Gasteiger partial charge >= 0.3 is 0 Å². The summed E-state index contributed by atoms with van der Waals surface area (Å²) < 4.78 is 14.2. The SMILES string of the molecule is CCOc1ccc(N2CC=C[C@]3(C)O[C@]45C=CCN(Cn6nnc7ccccc76)C(=O)C4N(CCCCCO)C(=O)[C@@H]5[C@@H]3C2=O)cc1. The van der Waals surface area contributed by atoms with E-state index in [-0.39, 0.29) is 37.5 Å². The quantitative estimate of drug-likeness (QED) is 0.265. The molecule has 1 N–H and O–H groups in total. The highest BCUT2D eigenvalue weighted by molar-refractivity contribution is 6.04. The molecule has 5 heterocycles. The number of carbonyl (C=O) groups is 3. The van der Waals surface area contributed by atoms with Crippen LogP contribution in [0.25, 0.3) is 11.0 Å². The van der Waals surface area contributed by atoms with E-state index in [2.05, 4.69) is 10.3 Å². The number of hydrogen-bond acceptors (Lipinski definition) is 8. The molecule has 4 aliphatic rings. The topological polar surface area (TPSA) is 130 Å². The van der Waals surface area contributed by atoms with E-state index < -0.39 is 29.1 Å². The summed E-state index contributed by atoms with van der Waals surface area (Å²) in [5, 5.41) is 17.9. The van der Waals surface area contributed by atoms with Crippen molar-refractivity contribution in [3.05, 3.63) is 72.8 Å². The van der Waals surface area contributed by atoms with Gasteiger partial charge in [-0.1, -0.05) is 41.7 Å². The van der Waals surface area contributed by atoms with Crippen LogP contribution in [0.3, 0.4) is 0 Å². The zero-order chi connectivity index (χ0) is 32.8. The average molecular weight is 641 g/mol. The summed E-state index contributed by atoms with van der Waals surface area (Å²) in [7, 11) is 0. The van der Waals surface area contributed by atoms with E-state index in [9.17, 15) is 19.5 Å². The maximum atomic E-state index is 14.7. The van der Waals surface area contributed by atoms with Crippen molar-refractivity contribution in [1.29, 1.82) is 0 Å². The van der Waals surface area contributed by atoms with E-state index >= 15 is 0 Å². The van der Waals surface area contributed by atoms with E-state index in [1.807, 2.05) is 86.7 Å². The van der Waals surface area contributed by atoms with Crippen molar-refractivity contribution in [2.45, 2.75) is 57.0 Å². The molecule has 1 aromatic heterocycles. The van der Waals surface area contributed by atoms with Gasteiger partial charge in [0.05, 0.1) is 29.6 Å². The van der Waals surface area contributed by atoms with Crippen LogP contribution in [-0.4, -0.2) is 97.7 Å². The highest BCUT2D eigenvalue weighted by atomic mass is 16.5. The lowest BCUT2D eigenvalue weighted by Crippen LogP contribution is -2.56. The summed E-state index contributed by atoms with van der Waals surface area (Å²) in [5.74, 6) is -1.84. The largest absolute Gasteiger partial charge is 0.494 e. The summed E-state index contributed by atoms with van der Waals surface area (Å²) in [6.07, 6.45) is 9.41. The van der Waals surface area contributed by atoms with Crippen molar-refractivity contribution in [3.8, 4) is 5.75 Å². The molecule has 2 aromatic carbocycles. The number of aliphatic hydroxyl groups is 1. The lowest BCUT2D eigenvalue weighted by Gasteiger charge is -2.37. The molecule has 246 valence electrons. The number of carbonyl (C=O) groups excluding carboxylic acids is 3. The van der Waals surface area contributed by atoms with Crippen LogP contribution in [0, 0.1) is 11.8 Å². The first kappa shape index (κ1) is 31.1. The second-order valence-corrected chi connectivity index (χ2v) is 12.8. The van der Waals surface area contributed by atoms with Crippen molar-refractivity contribution in [2.75, 3.05) is 37.7 Å². The number of likely N-dealkylation sites (tertiary alicyclic amines) is 1. The number of benzene rings is 2. The monoisotopic (exact) mass is 640 g/mol. The first-order valence-corrected chi connectivity index (χ1v) is 16.4. The van der Waals surface area contributed by atoms with Gasteiger partial charge in [0.15, 0.2) is 0 Å². The predicted molar refractivity (Wildman–Crippen MR) is 173 cm³/mol. The van der Waals surface area contributed by atoms with Gasteiger partial charge < -0.3 is 29.3 Å². The molecule has 5 atom stereocenters. The van der Waals surface area contributed by atoms with Gasteiger partial charge in [-0.05, 0) is 69.5 Å². The minimum Gasteiger partial charge on any atom is -0.494 e. The van der Waals surface area contributed by atoms with Gasteiger partial charge in [0.25, 0.3) is 5.91 Å². The van der Waals surface area contributed by atoms with Gasteiger partial charge in [0.1, 0.15) is 29.6 Å². The van der Waals surface area contributed by atoms with Crippen molar-refractivity contribution in [3.63, 3.8) is 0 Å². The average Bonchev–Trinajstić information content (AvgIpc) is 3.60. The van der Waals surface area contributed by atoms with Gasteiger partial charge in [-0.2, -0.15) is 0 Å². The van der Waals surface area contributed by atoms with E-state index in [0.29, 0.717) is 50.4 Å². The van der Waals surface area contributed by atoms with Crippen molar-refractivity contribution in [1.82, 2.24) is 24.8 Å². The fourth-order valence-corrected chi connectivity index (χ4v) is 7.81. The molecule has 12 nitrogen and oxygen atoms in total. The Labute approximate surface area is 273 Å². The van der Waals surface area contributed by atoms with Gasteiger partial charge in [-0.15, -0.1) is 5.10 Å². The number of nitrogens with zero attached hydrogens (tertiary/aromatic N) is 6. The summed E-state index contributed by atoms with van der Waals surface area (Å²) >= 11 is 0. The Hall–Kier alpha value is -4.55. The minimum atomic E-state index is -1.36. The van der Waals surface area contributed by atoms with Crippen molar-refractivity contribution >= 4 is 34.4 Å². The van der Waals surface area contributed by atoms with Crippen molar-refractivity contribution < 1.29 is 29.0 Å². The maximum absolute atomic E-state index is 14.7. The number of aromatic nitrogens is 3. The molecule has 12 heteroatoms. The zero-order valence-electron chi connectivity index (χ0n) is 26.7. The fourth-order valence-electron chi connectivity index (χ4n) is 7.81. The zero-order valence-corrected chi connectivity index (χ0v) is 26.7. The third kappa shape index (κ3) is 5.10. The summed E-state index contributed by atoms with van der Waals surface area (Å²) in [6.45, 7) is 5.38. The molecule has 7 rings (SSSR count). The van der Waals surface area contributed by atoms with E-state index in [1.165, 1.54) is 0 Å². The van der Waals surface area contributed by atoms with Crippen LogP contribution >= 0.6 is 0 Å². The molecule has 0 radical (unpaired) electrons. The molecular weight excluding hydrogens is 600 g/mol. The number of rotatable bonds is 10.